The van der Waals surface area contributed by atoms with E-state index in [4.69, 9.17) is 0 Å². The van der Waals surface area contributed by atoms with Crippen molar-refractivity contribution in [2.24, 2.45) is 5.10 Å². The number of ketones is 1. The minimum Gasteiger partial charge on any atom is -0.0622 e. The summed E-state index contributed by atoms with van der Waals surface area (Å²) in [5.41, 5.74) is 4.64. The molecule has 182 valence electrons. The molecule has 3 nitrogen and oxygen atoms in total. The molecule has 0 fully saturated rings. The maximum atomic E-state index is 10.6. The fourth-order valence-corrected chi connectivity index (χ4v) is 5.46. The molecule has 6 heteroatoms. The Kier molecular flexibility index (Phi) is 13.9. The SMILES string of the molecule is CCc1[c-]c(N/N=C/C(C)=O)ccc1.[Cl][Pd+].c1ccc(P(c2ccccc2)c2ccccc2)cc1. The summed E-state index contributed by atoms with van der Waals surface area (Å²) in [6.45, 7) is 3.52. The first kappa shape index (κ1) is 28.6. The molecular weight excluding hydrogens is 565 g/mol. The number of hydrazone groups is 1. The zero-order valence-electron chi connectivity index (χ0n) is 19.7. The van der Waals surface area contributed by atoms with Crippen LogP contribution < -0.4 is 21.3 Å². The van der Waals surface area contributed by atoms with Crippen LogP contribution >= 0.6 is 17.5 Å². The topological polar surface area (TPSA) is 41.5 Å². The molecule has 0 radical (unpaired) electrons. The summed E-state index contributed by atoms with van der Waals surface area (Å²) in [4.78, 5) is 10.6. The van der Waals surface area contributed by atoms with Gasteiger partial charge in [-0.1, -0.05) is 110 Å². The molecule has 0 spiro atoms. The molecule has 0 heterocycles. The maximum absolute atomic E-state index is 10.6. The Hall–Kier alpha value is -2.60. The smallest absolute Gasteiger partial charge is 0.0134 e. The van der Waals surface area contributed by atoms with Crippen LogP contribution in [-0.2, 0) is 29.4 Å². The summed E-state index contributed by atoms with van der Waals surface area (Å²) in [6, 6.07) is 41.2. The zero-order chi connectivity index (χ0) is 25.3. The molecule has 0 aliphatic heterocycles. The average molecular weight is 593 g/mol. The van der Waals surface area contributed by atoms with Gasteiger partial charge < -0.3 is 5.43 Å². The molecule has 0 aliphatic carbocycles. The number of nitrogens with zero attached hydrogens (tertiary/aromatic N) is 1. The molecule has 0 aliphatic rings. The second-order valence-electron chi connectivity index (χ2n) is 7.27. The minimum absolute atomic E-state index is 0.0795. The molecule has 1 N–H and O–H groups in total. The van der Waals surface area contributed by atoms with E-state index in [0.29, 0.717) is 0 Å². The Bertz CT molecular complexity index is 1070. The van der Waals surface area contributed by atoms with Crippen molar-refractivity contribution in [2.45, 2.75) is 20.3 Å². The van der Waals surface area contributed by atoms with Crippen LogP contribution in [0.3, 0.4) is 0 Å². The number of rotatable bonds is 7. The quantitative estimate of drug-likeness (QED) is 0.0917. The first-order chi connectivity index (χ1) is 17.2. The molecule has 0 aromatic heterocycles. The molecule has 4 rings (SSSR count). The van der Waals surface area contributed by atoms with Gasteiger partial charge in [0, 0.05) is 6.92 Å². The molecule has 4 aromatic carbocycles. The fourth-order valence-electron chi connectivity index (χ4n) is 3.16. The number of anilines is 1. The molecule has 0 atom stereocenters. The molecule has 0 bridgehead atoms. The summed E-state index contributed by atoms with van der Waals surface area (Å²) in [5, 5.41) is 7.95. The summed E-state index contributed by atoms with van der Waals surface area (Å²) in [5.74, 6) is -0.0795. The number of hydrogen-bond acceptors (Lipinski definition) is 3. The Morgan fingerprint density at radius 1 is 0.829 bits per heavy atom. The van der Waals surface area contributed by atoms with Gasteiger partial charge in [0.1, 0.15) is 0 Å². The van der Waals surface area contributed by atoms with E-state index in [0.717, 1.165) is 17.7 Å². The third-order valence-corrected chi connectivity index (χ3v) is 7.15. The van der Waals surface area contributed by atoms with Gasteiger partial charge in [0.15, 0.2) is 5.78 Å². The van der Waals surface area contributed by atoms with E-state index in [1.807, 2.05) is 18.2 Å². The number of Topliss-reactive ketones (excluding diaryl/α,β-unsaturated/α-hetero) is 1. The van der Waals surface area contributed by atoms with Crippen molar-refractivity contribution in [3.05, 3.63) is 121 Å². The van der Waals surface area contributed by atoms with Gasteiger partial charge in [-0.25, -0.2) is 0 Å². The summed E-state index contributed by atoms with van der Waals surface area (Å²) in [6.07, 6.45) is 2.18. The van der Waals surface area contributed by atoms with E-state index in [2.05, 4.69) is 142 Å². The van der Waals surface area contributed by atoms with Crippen LogP contribution in [-0.4, -0.2) is 12.0 Å². The molecule has 4 aromatic rings. The number of carbonyl (C=O) groups is 1. The average Bonchev–Trinajstić information content (AvgIpc) is 2.92. The molecule has 0 saturated carbocycles. The van der Waals surface area contributed by atoms with E-state index < -0.39 is 7.92 Å². The van der Waals surface area contributed by atoms with Gasteiger partial charge in [0.25, 0.3) is 0 Å². The van der Waals surface area contributed by atoms with Gasteiger partial charge >= 0.3 is 27.7 Å². The Balaban J connectivity index is 0.000000241. The molecule has 0 amide bonds. The maximum Gasteiger partial charge on any atom is -0.0134 e. The normalized spacial score (nSPS) is 10.1. The predicted octanol–water partition coefficient (Wildman–Crippen LogP) is 6.17. The third kappa shape index (κ3) is 10.3. The van der Waals surface area contributed by atoms with Gasteiger partial charge in [-0.15, -0.1) is 6.07 Å². The number of hydrogen-bond donors (Lipinski definition) is 1. The van der Waals surface area contributed by atoms with E-state index in [1.165, 1.54) is 29.1 Å². The standard InChI is InChI=1S/C18H15P.C11H13N2O.ClH.Pd/c1-4-10-16(11-5-1)19(17-12-6-2-7-13-17)18-14-8-3-9-15-18;1-3-10-5-4-6-11(7-10)13-12-8-9(2)14;;/h1-15H;4-6,8,13H,3H2,1-2H3;1H;/q;-1;;+2/p-1/b;12-8+;;. The Morgan fingerprint density at radius 2 is 1.29 bits per heavy atom. The molecule has 0 unspecified atom stereocenters. The van der Waals surface area contributed by atoms with Crippen molar-refractivity contribution in [3.63, 3.8) is 0 Å². The van der Waals surface area contributed by atoms with Crippen LogP contribution in [0.15, 0.2) is 114 Å². The summed E-state index contributed by atoms with van der Waals surface area (Å²) in [7, 11) is 4.04. The second-order valence-corrected chi connectivity index (χ2v) is 9.49. The molecule has 35 heavy (non-hydrogen) atoms. The van der Waals surface area contributed by atoms with Gasteiger partial charge in [-0.2, -0.15) is 28.9 Å². The van der Waals surface area contributed by atoms with Crippen LogP contribution in [0.25, 0.3) is 0 Å². The number of benzene rings is 4. The summed E-state index contributed by atoms with van der Waals surface area (Å²) >= 11 is 2.22. The van der Waals surface area contributed by atoms with Crippen molar-refractivity contribution < 1.29 is 23.0 Å². The van der Waals surface area contributed by atoms with Crippen molar-refractivity contribution >= 4 is 51.0 Å². The van der Waals surface area contributed by atoms with Crippen LogP contribution in [0.2, 0.25) is 0 Å². The van der Waals surface area contributed by atoms with Crippen LogP contribution in [0.5, 0.6) is 0 Å². The van der Waals surface area contributed by atoms with Gasteiger partial charge in [0.05, 0.1) is 6.21 Å². The van der Waals surface area contributed by atoms with Crippen LogP contribution in [0, 0.1) is 6.07 Å². The van der Waals surface area contributed by atoms with Crippen LogP contribution in [0.1, 0.15) is 19.4 Å². The van der Waals surface area contributed by atoms with Gasteiger partial charge in [-0.3, -0.25) is 4.79 Å². The number of nitrogens with one attached hydrogen (secondary N) is 1. The van der Waals surface area contributed by atoms with Crippen molar-refractivity contribution in [1.82, 2.24) is 0 Å². The molecule has 0 saturated heterocycles. The third-order valence-electron chi connectivity index (χ3n) is 4.71. The monoisotopic (exact) mass is 592 g/mol. The van der Waals surface area contributed by atoms with E-state index >= 15 is 0 Å². The van der Waals surface area contributed by atoms with Crippen molar-refractivity contribution in [3.8, 4) is 0 Å². The van der Waals surface area contributed by atoms with Gasteiger partial charge in [-0.05, 0) is 23.8 Å². The van der Waals surface area contributed by atoms with Crippen LogP contribution in [0.4, 0.5) is 5.69 Å². The van der Waals surface area contributed by atoms with Gasteiger partial charge in [0.2, 0.25) is 0 Å². The first-order valence-electron chi connectivity index (χ1n) is 11.1. The first-order valence-corrected chi connectivity index (χ1v) is 14.4. The number of halogens is 1. The van der Waals surface area contributed by atoms with E-state index in [-0.39, 0.29) is 5.78 Å². The van der Waals surface area contributed by atoms with Crippen molar-refractivity contribution in [2.75, 3.05) is 5.43 Å². The van der Waals surface area contributed by atoms with Crippen molar-refractivity contribution in [1.29, 1.82) is 0 Å². The van der Waals surface area contributed by atoms with E-state index in [9.17, 15) is 4.79 Å². The largest absolute Gasteiger partial charge is 0.0622 e. The minimum atomic E-state index is -0.446. The second kappa shape index (κ2) is 16.9. The molecular formula is C29H28ClN2OPPd. The number of carbonyl (C=O) groups excluding carboxylic acids is 1. The Labute approximate surface area is 224 Å². The predicted molar refractivity (Wildman–Crippen MR) is 148 cm³/mol. The zero-order valence-corrected chi connectivity index (χ0v) is 22.9. The number of aryl methyl sites for hydroxylation is 1. The Morgan fingerprint density at radius 3 is 1.69 bits per heavy atom. The van der Waals surface area contributed by atoms with E-state index in [1.54, 1.807) is 0 Å². The fraction of sp³-hybridized carbons (Fsp3) is 0.103. The summed E-state index contributed by atoms with van der Waals surface area (Å²) < 4.78 is 0.